The standard InChI is InChI=1S/C13H9N3/c1-9-12(6-10(7-14)8-15)11-4-2-3-5-13(11)16-9/h2-6,16H,1H3. The summed E-state index contributed by atoms with van der Waals surface area (Å²) in [5, 5.41) is 18.5. The SMILES string of the molecule is Cc1[nH]c2ccccc2c1C=C(C#N)C#N. The quantitative estimate of drug-likeness (QED) is 0.730. The Kier molecular flexibility index (Phi) is 2.45. The number of nitriles is 2. The van der Waals surface area contributed by atoms with Crippen molar-refractivity contribution < 1.29 is 0 Å². The monoisotopic (exact) mass is 207 g/mol. The van der Waals surface area contributed by atoms with Crippen molar-refractivity contribution >= 4 is 17.0 Å². The molecule has 0 amide bonds. The number of nitrogens with zero attached hydrogens (tertiary/aromatic N) is 2. The first-order valence-corrected chi connectivity index (χ1v) is 4.85. The molecule has 3 nitrogen and oxygen atoms in total. The second-order valence-electron chi connectivity index (χ2n) is 3.49. The third-order valence-corrected chi connectivity index (χ3v) is 2.47. The van der Waals surface area contributed by atoms with Crippen LogP contribution in [-0.2, 0) is 0 Å². The lowest BCUT2D eigenvalue weighted by molar-refractivity contribution is 1.29. The Balaban J connectivity index is 2.71. The molecule has 0 radical (unpaired) electrons. The number of H-pyrrole nitrogens is 1. The molecule has 0 aliphatic carbocycles. The second kappa shape index (κ2) is 3.92. The summed E-state index contributed by atoms with van der Waals surface area (Å²) < 4.78 is 0. The van der Waals surface area contributed by atoms with Crippen LogP contribution in [0.15, 0.2) is 29.8 Å². The molecule has 2 aromatic rings. The predicted molar refractivity (Wildman–Crippen MR) is 62.2 cm³/mol. The van der Waals surface area contributed by atoms with Crippen LogP contribution in [0.1, 0.15) is 11.3 Å². The maximum absolute atomic E-state index is 8.74. The first kappa shape index (κ1) is 10.0. The van der Waals surface area contributed by atoms with E-state index in [0.29, 0.717) is 0 Å². The van der Waals surface area contributed by atoms with Crippen molar-refractivity contribution in [3.05, 3.63) is 41.1 Å². The van der Waals surface area contributed by atoms with Crippen LogP contribution >= 0.6 is 0 Å². The maximum atomic E-state index is 8.74. The van der Waals surface area contributed by atoms with Crippen molar-refractivity contribution in [1.82, 2.24) is 4.98 Å². The number of benzene rings is 1. The zero-order valence-corrected chi connectivity index (χ0v) is 8.78. The summed E-state index contributed by atoms with van der Waals surface area (Å²) in [4.78, 5) is 3.22. The Bertz CT molecular complexity index is 632. The molecule has 16 heavy (non-hydrogen) atoms. The van der Waals surface area contributed by atoms with E-state index in [9.17, 15) is 0 Å². The molecule has 0 aliphatic heterocycles. The van der Waals surface area contributed by atoms with Gasteiger partial charge in [-0.15, -0.1) is 0 Å². The molecule has 0 bridgehead atoms. The van der Waals surface area contributed by atoms with Crippen LogP contribution in [-0.4, -0.2) is 4.98 Å². The van der Waals surface area contributed by atoms with Gasteiger partial charge < -0.3 is 4.98 Å². The number of aromatic amines is 1. The maximum Gasteiger partial charge on any atom is 0.130 e. The predicted octanol–water partition coefficient (Wildman–Crippen LogP) is 2.91. The van der Waals surface area contributed by atoms with Crippen LogP contribution in [0.4, 0.5) is 0 Å². The van der Waals surface area contributed by atoms with E-state index in [0.717, 1.165) is 22.2 Å². The fourth-order valence-corrected chi connectivity index (χ4v) is 1.72. The van der Waals surface area contributed by atoms with Crippen molar-refractivity contribution in [3.63, 3.8) is 0 Å². The first-order chi connectivity index (χ1) is 7.76. The third kappa shape index (κ3) is 1.55. The normalized spacial score (nSPS) is 9.44. The van der Waals surface area contributed by atoms with E-state index >= 15 is 0 Å². The van der Waals surface area contributed by atoms with Gasteiger partial charge in [-0.1, -0.05) is 18.2 Å². The molecule has 0 atom stereocenters. The highest BCUT2D eigenvalue weighted by Crippen LogP contribution is 2.23. The van der Waals surface area contributed by atoms with Crippen molar-refractivity contribution in [2.24, 2.45) is 0 Å². The number of fused-ring (bicyclic) bond motifs is 1. The Hall–Kier alpha value is -2.52. The molecule has 2 rings (SSSR count). The van der Waals surface area contributed by atoms with Crippen LogP contribution in [0.2, 0.25) is 0 Å². The van der Waals surface area contributed by atoms with Gasteiger partial charge in [0.1, 0.15) is 17.7 Å². The number of aromatic nitrogens is 1. The molecule has 1 N–H and O–H groups in total. The second-order valence-corrected chi connectivity index (χ2v) is 3.49. The van der Waals surface area contributed by atoms with Gasteiger partial charge in [-0.25, -0.2) is 0 Å². The molecule has 0 spiro atoms. The third-order valence-electron chi connectivity index (χ3n) is 2.47. The number of allylic oxidation sites excluding steroid dienone is 1. The molecule has 0 saturated heterocycles. The zero-order chi connectivity index (χ0) is 11.5. The van der Waals surface area contributed by atoms with E-state index in [-0.39, 0.29) is 5.57 Å². The first-order valence-electron chi connectivity index (χ1n) is 4.85. The van der Waals surface area contributed by atoms with Crippen LogP contribution in [0, 0.1) is 29.6 Å². The summed E-state index contributed by atoms with van der Waals surface area (Å²) in [6.45, 7) is 1.93. The van der Waals surface area contributed by atoms with Crippen LogP contribution in [0.3, 0.4) is 0 Å². The van der Waals surface area contributed by atoms with Crippen LogP contribution in [0.5, 0.6) is 0 Å². The van der Waals surface area contributed by atoms with Gasteiger partial charge in [-0.2, -0.15) is 10.5 Å². The highest BCUT2D eigenvalue weighted by molar-refractivity contribution is 5.91. The van der Waals surface area contributed by atoms with E-state index in [2.05, 4.69) is 4.98 Å². The van der Waals surface area contributed by atoms with E-state index in [4.69, 9.17) is 10.5 Å². The molecule has 0 unspecified atom stereocenters. The zero-order valence-electron chi connectivity index (χ0n) is 8.78. The van der Waals surface area contributed by atoms with Gasteiger partial charge in [0.2, 0.25) is 0 Å². The minimum atomic E-state index is 0.118. The average Bonchev–Trinajstić information content (AvgIpc) is 2.62. The fraction of sp³-hybridized carbons (Fsp3) is 0.0769. The Morgan fingerprint density at radius 2 is 1.94 bits per heavy atom. The van der Waals surface area contributed by atoms with Gasteiger partial charge in [0.25, 0.3) is 0 Å². The van der Waals surface area contributed by atoms with Gasteiger partial charge in [0.15, 0.2) is 0 Å². The molecule has 3 heteroatoms. The summed E-state index contributed by atoms with van der Waals surface area (Å²) in [5.41, 5.74) is 3.01. The van der Waals surface area contributed by atoms with Gasteiger partial charge in [-0.05, 0) is 19.1 Å². The highest BCUT2D eigenvalue weighted by atomic mass is 14.7. The van der Waals surface area contributed by atoms with E-state index in [1.807, 2.05) is 43.3 Å². The number of aryl methyl sites for hydroxylation is 1. The van der Waals surface area contributed by atoms with E-state index < -0.39 is 0 Å². The molecular formula is C13H9N3. The molecule has 1 aromatic carbocycles. The van der Waals surface area contributed by atoms with Gasteiger partial charge in [0, 0.05) is 22.2 Å². The van der Waals surface area contributed by atoms with Crippen molar-refractivity contribution in [2.45, 2.75) is 6.92 Å². The van der Waals surface area contributed by atoms with Crippen molar-refractivity contribution in [2.75, 3.05) is 0 Å². The van der Waals surface area contributed by atoms with E-state index in [1.54, 1.807) is 6.08 Å². The van der Waals surface area contributed by atoms with Gasteiger partial charge in [0.05, 0.1) is 0 Å². The molecule has 1 aromatic heterocycles. The lowest BCUT2D eigenvalue weighted by atomic mass is 10.1. The number of hydrogen-bond donors (Lipinski definition) is 1. The molecule has 0 aliphatic rings. The highest BCUT2D eigenvalue weighted by Gasteiger charge is 2.06. The summed E-state index contributed by atoms with van der Waals surface area (Å²) in [5.74, 6) is 0. The Morgan fingerprint density at radius 3 is 2.62 bits per heavy atom. The molecule has 76 valence electrons. The Labute approximate surface area is 93.2 Å². The van der Waals surface area contributed by atoms with Crippen molar-refractivity contribution in [3.8, 4) is 12.1 Å². The van der Waals surface area contributed by atoms with Crippen LogP contribution < -0.4 is 0 Å². The fourth-order valence-electron chi connectivity index (χ4n) is 1.72. The number of para-hydroxylation sites is 1. The molecule has 0 saturated carbocycles. The minimum absolute atomic E-state index is 0.118. The summed E-state index contributed by atoms with van der Waals surface area (Å²) in [6.07, 6.45) is 1.62. The summed E-state index contributed by atoms with van der Waals surface area (Å²) in [6, 6.07) is 11.6. The number of hydrogen-bond acceptors (Lipinski definition) is 2. The molecule has 1 heterocycles. The summed E-state index contributed by atoms with van der Waals surface area (Å²) >= 11 is 0. The average molecular weight is 207 g/mol. The smallest absolute Gasteiger partial charge is 0.130 e. The topological polar surface area (TPSA) is 63.4 Å². The summed E-state index contributed by atoms with van der Waals surface area (Å²) in [7, 11) is 0. The molecular weight excluding hydrogens is 198 g/mol. The largest absolute Gasteiger partial charge is 0.358 e. The lowest BCUT2D eigenvalue weighted by Crippen LogP contribution is -1.77. The van der Waals surface area contributed by atoms with Gasteiger partial charge in [-0.3, -0.25) is 0 Å². The molecule has 0 fully saturated rings. The minimum Gasteiger partial charge on any atom is -0.358 e. The number of rotatable bonds is 1. The lowest BCUT2D eigenvalue weighted by Gasteiger charge is -1.92. The van der Waals surface area contributed by atoms with Crippen LogP contribution in [0.25, 0.3) is 17.0 Å². The van der Waals surface area contributed by atoms with E-state index in [1.165, 1.54) is 0 Å². The van der Waals surface area contributed by atoms with Crippen molar-refractivity contribution in [1.29, 1.82) is 10.5 Å². The van der Waals surface area contributed by atoms with Gasteiger partial charge >= 0.3 is 0 Å². The Morgan fingerprint density at radius 1 is 1.25 bits per heavy atom. The number of nitrogens with one attached hydrogen (secondary N) is 1.